The van der Waals surface area contributed by atoms with E-state index in [1.165, 1.54) is 11.6 Å². The summed E-state index contributed by atoms with van der Waals surface area (Å²) >= 11 is 0. The molecule has 0 amide bonds. The second-order valence-electron chi connectivity index (χ2n) is 6.55. The lowest BCUT2D eigenvalue weighted by atomic mass is 10.0. The van der Waals surface area contributed by atoms with Gasteiger partial charge in [0, 0.05) is 18.1 Å². The van der Waals surface area contributed by atoms with E-state index in [2.05, 4.69) is 23.8 Å². The van der Waals surface area contributed by atoms with E-state index in [9.17, 15) is 14.7 Å². The van der Waals surface area contributed by atoms with Gasteiger partial charge in [-0.1, -0.05) is 28.9 Å². The van der Waals surface area contributed by atoms with Crippen LogP contribution in [-0.4, -0.2) is 23.1 Å². The first-order valence-electron chi connectivity index (χ1n) is 8.36. The molecule has 0 unspecified atom stereocenters. The van der Waals surface area contributed by atoms with Crippen LogP contribution >= 0.6 is 0 Å². The van der Waals surface area contributed by atoms with Crippen LogP contribution < -0.4 is 0 Å². The minimum Gasteiger partial charge on any atom is -0.429 e. The Balaban J connectivity index is 2.32. The van der Waals surface area contributed by atoms with Gasteiger partial charge in [-0.3, -0.25) is 4.79 Å². The maximum Gasteiger partial charge on any atom is 0.333 e. The molecule has 4 heteroatoms. The van der Waals surface area contributed by atoms with E-state index >= 15 is 0 Å². The summed E-state index contributed by atoms with van der Waals surface area (Å²) in [6, 6.07) is 0. The van der Waals surface area contributed by atoms with E-state index in [1.54, 1.807) is 6.08 Å². The van der Waals surface area contributed by atoms with Crippen LogP contribution in [0.25, 0.3) is 0 Å². The fourth-order valence-electron chi connectivity index (χ4n) is 2.49. The Hall–Kier alpha value is -1.94. The molecule has 1 N–H and O–H groups in total. The van der Waals surface area contributed by atoms with Crippen LogP contribution in [0.4, 0.5) is 0 Å². The molecule has 1 rings (SSSR count). The number of aliphatic hydroxyl groups excluding tert-OH is 1. The van der Waals surface area contributed by atoms with Crippen LogP contribution in [-0.2, 0) is 14.3 Å². The Bertz CT molecular complexity index is 587. The van der Waals surface area contributed by atoms with Crippen molar-refractivity contribution in [3.05, 3.63) is 46.6 Å². The molecular weight excluding hydrogens is 304 g/mol. The third-order valence-corrected chi connectivity index (χ3v) is 3.71. The van der Waals surface area contributed by atoms with Gasteiger partial charge in [0.2, 0.25) is 6.29 Å². The first-order valence-corrected chi connectivity index (χ1v) is 8.36. The Morgan fingerprint density at radius 1 is 1.17 bits per heavy atom. The van der Waals surface area contributed by atoms with E-state index < -0.39 is 12.3 Å². The average Bonchev–Trinajstić information content (AvgIpc) is 2.75. The number of ether oxygens (including phenoxy) is 1. The van der Waals surface area contributed by atoms with Gasteiger partial charge in [-0.25, -0.2) is 4.79 Å². The van der Waals surface area contributed by atoms with E-state index in [0.29, 0.717) is 18.4 Å². The Morgan fingerprint density at radius 3 is 2.42 bits per heavy atom. The molecule has 0 saturated carbocycles. The zero-order valence-corrected chi connectivity index (χ0v) is 15.1. The first-order chi connectivity index (χ1) is 11.3. The molecule has 0 aromatic carbocycles. The number of carbonyl (C=O) groups excluding carboxylic acids is 2. The standard InChI is InChI=1S/C20H28O4/c1-14(2)11-18(21)12-16(4)9-5-7-15(3)8-6-10-17-13-19(22)24-20(17)23/h8-9,11,13,20,23H,5-7,10,12H2,1-4H3/b15-8+,16-9+/t20-/m1/s1. The zero-order valence-electron chi connectivity index (χ0n) is 15.1. The molecule has 0 aliphatic carbocycles. The highest BCUT2D eigenvalue weighted by Crippen LogP contribution is 2.19. The summed E-state index contributed by atoms with van der Waals surface area (Å²) in [6.07, 6.45) is 9.92. The molecule has 1 heterocycles. The Kier molecular flexibility index (Phi) is 8.41. The lowest BCUT2D eigenvalue weighted by molar-refractivity contribution is -0.151. The van der Waals surface area contributed by atoms with E-state index in [1.807, 2.05) is 20.8 Å². The highest BCUT2D eigenvalue weighted by Gasteiger charge is 2.22. The third-order valence-electron chi connectivity index (χ3n) is 3.71. The summed E-state index contributed by atoms with van der Waals surface area (Å²) < 4.78 is 4.64. The number of esters is 1. The predicted octanol–water partition coefficient (Wildman–Crippen LogP) is 4.17. The summed E-state index contributed by atoms with van der Waals surface area (Å²) in [4.78, 5) is 22.7. The van der Waals surface area contributed by atoms with Gasteiger partial charge in [0.05, 0.1) is 0 Å². The summed E-state index contributed by atoms with van der Waals surface area (Å²) in [5.41, 5.74) is 4.02. The number of hydrogen-bond acceptors (Lipinski definition) is 4. The van der Waals surface area contributed by atoms with Crippen LogP contribution in [0.1, 0.15) is 59.8 Å². The van der Waals surface area contributed by atoms with Crippen LogP contribution in [0.2, 0.25) is 0 Å². The summed E-state index contributed by atoms with van der Waals surface area (Å²) in [5, 5.41) is 9.48. The molecule has 0 aromatic heterocycles. The van der Waals surface area contributed by atoms with Crippen molar-refractivity contribution < 1.29 is 19.4 Å². The molecule has 0 spiro atoms. The maximum atomic E-state index is 11.7. The summed E-state index contributed by atoms with van der Waals surface area (Å²) in [6.45, 7) is 7.90. The number of cyclic esters (lactones) is 1. The van der Waals surface area contributed by atoms with Crippen molar-refractivity contribution in [2.24, 2.45) is 0 Å². The van der Waals surface area contributed by atoms with Crippen molar-refractivity contribution in [2.45, 2.75) is 66.1 Å². The predicted molar refractivity (Wildman–Crippen MR) is 95.2 cm³/mol. The third kappa shape index (κ3) is 8.06. The van der Waals surface area contributed by atoms with Gasteiger partial charge in [-0.15, -0.1) is 0 Å². The molecule has 0 bridgehead atoms. The monoisotopic (exact) mass is 332 g/mol. The van der Waals surface area contributed by atoms with Gasteiger partial charge in [0.15, 0.2) is 5.78 Å². The van der Waals surface area contributed by atoms with Crippen molar-refractivity contribution in [3.63, 3.8) is 0 Å². The summed E-state index contributed by atoms with van der Waals surface area (Å²) in [7, 11) is 0. The van der Waals surface area contributed by atoms with E-state index in [-0.39, 0.29) is 5.78 Å². The van der Waals surface area contributed by atoms with Gasteiger partial charge in [-0.2, -0.15) is 0 Å². The number of aliphatic hydroxyl groups is 1. The number of hydrogen-bond donors (Lipinski definition) is 1. The molecule has 0 radical (unpaired) electrons. The Morgan fingerprint density at radius 2 is 1.83 bits per heavy atom. The first kappa shape index (κ1) is 20.1. The topological polar surface area (TPSA) is 63.6 Å². The second kappa shape index (κ2) is 10.0. The van der Waals surface area contributed by atoms with Crippen LogP contribution in [0.3, 0.4) is 0 Å². The molecular formula is C20H28O4. The molecule has 4 nitrogen and oxygen atoms in total. The lowest BCUT2D eigenvalue weighted by Crippen LogP contribution is -2.09. The van der Waals surface area contributed by atoms with Gasteiger partial charge >= 0.3 is 5.97 Å². The van der Waals surface area contributed by atoms with Crippen molar-refractivity contribution in [1.82, 2.24) is 0 Å². The zero-order chi connectivity index (χ0) is 18.1. The lowest BCUT2D eigenvalue weighted by Gasteiger charge is -2.06. The number of rotatable bonds is 9. The second-order valence-corrected chi connectivity index (χ2v) is 6.55. The molecule has 24 heavy (non-hydrogen) atoms. The fraction of sp³-hybridized carbons (Fsp3) is 0.500. The van der Waals surface area contributed by atoms with Crippen LogP contribution in [0, 0.1) is 0 Å². The number of allylic oxidation sites excluding steroid dienone is 6. The molecule has 1 aliphatic rings. The fourth-order valence-corrected chi connectivity index (χ4v) is 2.49. The van der Waals surface area contributed by atoms with Crippen LogP contribution in [0.15, 0.2) is 46.6 Å². The molecule has 0 fully saturated rings. The summed E-state index contributed by atoms with van der Waals surface area (Å²) in [5.74, 6) is -0.322. The Labute approximate surface area is 144 Å². The van der Waals surface area contributed by atoms with Gasteiger partial charge in [0.1, 0.15) is 0 Å². The molecule has 1 aliphatic heterocycles. The largest absolute Gasteiger partial charge is 0.429 e. The average molecular weight is 332 g/mol. The van der Waals surface area contributed by atoms with Crippen molar-refractivity contribution in [3.8, 4) is 0 Å². The van der Waals surface area contributed by atoms with Crippen LogP contribution in [0.5, 0.6) is 0 Å². The SMILES string of the molecule is CC(C)=CC(=O)C/C(C)=C/CC/C(C)=C/CCC1=CC(=O)O[C@H]1O. The van der Waals surface area contributed by atoms with Crippen molar-refractivity contribution >= 4 is 11.8 Å². The molecule has 0 saturated heterocycles. The number of carbonyl (C=O) groups is 2. The van der Waals surface area contributed by atoms with Gasteiger partial charge in [-0.05, 0) is 59.5 Å². The van der Waals surface area contributed by atoms with E-state index in [0.717, 1.165) is 30.4 Å². The normalized spacial score (nSPS) is 18.3. The highest BCUT2D eigenvalue weighted by molar-refractivity contribution is 5.91. The highest BCUT2D eigenvalue weighted by atomic mass is 16.6. The molecule has 1 atom stereocenters. The number of ketones is 1. The molecule has 132 valence electrons. The van der Waals surface area contributed by atoms with E-state index in [4.69, 9.17) is 0 Å². The van der Waals surface area contributed by atoms with Gasteiger partial charge in [0.25, 0.3) is 0 Å². The van der Waals surface area contributed by atoms with Gasteiger partial charge < -0.3 is 9.84 Å². The maximum absolute atomic E-state index is 11.7. The minimum absolute atomic E-state index is 0.149. The quantitative estimate of drug-likeness (QED) is 0.391. The smallest absolute Gasteiger partial charge is 0.333 e. The van der Waals surface area contributed by atoms with Crippen molar-refractivity contribution in [1.29, 1.82) is 0 Å². The molecule has 0 aromatic rings. The van der Waals surface area contributed by atoms with Crippen molar-refractivity contribution in [2.75, 3.05) is 0 Å². The minimum atomic E-state index is -1.07.